The molecule has 0 fully saturated rings. The number of nitrogens with two attached hydrogens (primary N) is 3. The second-order valence-electron chi connectivity index (χ2n) is 5.02. The van der Waals surface area contributed by atoms with Crippen LogP contribution < -0.4 is 22.5 Å². The van der Waals surface area contributed by atoms with E-state index in [2.05, 4.69) is 15.3 Å². The minimum atomic E-state index is -0.228. The highest BCUT2D eigenvalue weighted by Crippen LogP contribution is 2.19. The van der Waals surface area contributed by atoms with Gasteiger partial charge in [-0.2, -0.15) is 4.99 Å². The molecule has 7 N–H and O–H groups in total. The van der Waals surface area contributed by atoms with Crippen LogP contribution in [0, 0.1) is 0 Å². The summed E-state index contributed by atoms with van der Waals surface area (Å²) in [4.78, 5) is 20.1. The van der Waals surface area contributed by atoms with E-state index < -0.39 is 0 Å². The van der Waals surface area contributed by atoms with Crippen LogP contribution in [0.5, 0.6) is 0 Å². The minimum absolute atomic E-state index is 0.0797. The largest absolute Gasteiger partial charge is 0.370 e. The molecule has 0 aliphatic rings. The Hall–Kier alpha value is -3.35. The molecular weight excluding hydrogens is 304 g/mol. The quantitative estimate of drug-likeness (QED) is 0.503. The molecule has 1 amide bonds. The van der Waals surface area contributed by atoms with Crippen molar-refractivity contribution in [3.05, 3.63) is 59.7 Å². The van der Waals surface area contributed by atoms with E-state index in [-0.39, 0.29) is 17.8 Å². The number of nitrogens with zero attached hydrogens (tertiary/aromatic N) is 2. The Kier molecular flexibility index (Phi) is 5.51. The van der Waals surface area contributed by atoms with Crippen molar-refractivity contribution in [1.29, 1.82) is 0 Å². The van der Waals surface area contributed by atoms with Gasteiger partial charge in [0.15, 0.2) is 5.96 Å². The predicted octanol–water partition coefficient (Wildman–Crippen LogP) is 1.72. The van der Waals surface area contributed by atoms with Crippen LogP contribution in [0.1, 0.15) is 22.8 Å². The first-order chi connectivity index (χ1) is 11.5. The van der Waals surface area contributed by atoms with Gasteiger partial charge in [-0.25, -0.2) is 4.99 Å². The van der Waals surface area contributed by atoms with E-state index >= 15 is 0 Å². The second-order valence-corrected chi connectivity index (χ2v) is 5.02. The molecule has 124 valence electrons. The Morgan fingerprint density at radius 1 is 1.08 bits per heavy atom. The van der Waals surface area contributed by atoms with E-state index in [1.807, 2.05) is 31.2 Å². The molecule has 0 saturated carbocycles. The standard InChI is InChI=1S/C17H20N6O/c1-2-11-6-3-4-9-14(11)22-15(24)12-7-5-8-13(10-12)21-17(20)23-16(18)19/h3-10H,2H2,1H3,(H,22,24)(H6,18,19,20,21,23). The first-order valence-electron chi connectivity index (χ1n) is 7.42. The number of carbonyl (C=O) groups excluding carboxylic acids is 1. The molecule has 7 heteroatoms. The first kappa shape index (κ1) is 17.0. The fraction of sp³-hybridized carbons (Fsp3) is 0.118. The molecule has 0 bridgehead atoms. The van der Waals surface area contributed by atoms with Crippen molar-refractivity contribution >= 4 is 29.2 Å². The van der Waals surface area contributed by atoms with Gasteiger partial charge in [0.05, 0.1) is 5.69 Å². The maximum absolute atomic E-state index is 12.4. The maximum Gasteiger partial charge on any atom is 0.255 e. The summed E-state index contributed by atoms with van der Waals surface area (Å²) in [6.07, 6.45) is 0.829. The highest BCUT2D eigenvalue weighted by molar-refractivity contribution is 6.05. The third-order valence-electron chi connectivity index (χ3n) is 3.24. The van der Waals surface area contributed by atoms with E-state index in [1.54, 1.807) is 24.3 Å². The number of nitrogens with one attached hydrogen (secondary N) is 1. The van der Waals surface area contributed by atoms with Crippen molar-refractivity contribution in [2.24, 2.45) is 27.2 Å². The number of carbonyl (C=O) groups is 1. The van der Waals surface area contributed by atoms with Gasteiger partial charge in [0, 0.05) is 11.3 Å². The molecule has 0 atom stereocenters. The zero-order valence-corrected chi connectivity index (χ0v) is 13.4. The highest BCUT2D eigenvalue weighted by Gasteiger charge is 2.09. The van der Waals surface area contributed by atoms with Gasteiger partial charge in [0.2, 0.25) is 5.96 Å². The summed E-state index contributed by atoms with van der Waals surface area (Å²) in [7, 11) is 0. The van der Waals surface area contributed by atoms with E-state index in [0.29, 0.717) is 11.3 Å². The second kappa shape index (κ2) is 7.77. The number of aryl methyl sites for hydroxylation is 1. The minimum Gasteiger partial charge on any atom is -0.370 e. The smallest absolute Gasteiger partial charge is 0.255 e. The number of rotatable bonds is 4. The van der Waals surface area contributed by atoms with Crippen molar-refractivity contribution in [2.45, 2.75) is 13.3 Å². The lowest BCUT2D eigenvalue weighted by molar-refractivity contribution is 0.102. The van der Waals surface area contributed by atoms with Gasteiger partial charge < -0.3 is 22.5 Å². The first-order valence-corrected chi connectivity index (χ1v) is 7.42. The van der Waals surface area contributed by atoms with Crippen LogP contribution in [0.4, 0.5) is 11.4 Å². The lowest BCUT2D eigenvalue weighted by atomic mass is 10.1. The number of hydrogen-bond acceptors (Lipinski definition) is 2. The summed E-state index contributed by atoms with van der Waals surface area (Å²) in [6, 6.07) is 14.4. The number of guanidine groups is 2. The summed E-state index contributed by atoms with van der Waals surface area (Å²) < 4.78 is 0. The topological polar surface area (TPSA) is 132 Å². The van der Waals surface area contributed by atoms with Gasteiger partial charge in [-0.3, -0.25) is 4.79 Å². The van der Waals surface area contributed by atoms with Crippen molar-refractivity contribution < 1.29 is 4.79 Å². The Balaban J connectivity index is 2.22. The number of benzene rings is 2. The Morgan fingerprint density at radius 2 is 1.83 bits per heavy atom. The lowest BCUT2D eigenvalue weighted by Gasteiger charge is -2.10. The summed E-state index contributed by atoms with van der Waals surface area (Å²) in [5.41, 5.74) is 18.9. The average molecular weight is 324 g/mol. The van der Waals surface area contributed by atoms with Crippen LogP contribution >= 0.6 is 0 Å². The lowest BCUT2D eigenvalue weighted by Crippen LogP contribution is -2.26. The summed E-state index contributed by atoms with van der Waals surface area (Å²) in [5.74, 6) is -0.487. The fourth-order valence-electron chi connectivity index (χ4n) is 2.15. The van der Waals surface area contributed by atoms with Crippen LogP contribution in [-0.2, 0) is 6.42 Å². The predicted molar refractivity (Wildman–Crippen MR) is 97.3 cm³/mol. The number of para-hydroxylation sites is 1. The molecule has 0 aliphatic heterocycles. The number of amides is 1. The molecule has 24 heavy (non-hydrogen) atoms. The Morgan fingerprint density at radius 3 is 2.54 bits per heavy atom. The van der Waals surface area contributed by atoms with Gasteiger partial charge in [-0.1, -0.05) is 31.2 Å². The van der Waals surface area contributed by atoms with Gasteiger partial charge in [-0.15, -0.1) is 0 Å². The summed E-state index contributed by atoms with van der Waals surface area (Å²) >= 11 is 0. The van der Waals surface area contributed by atoms with E-state index in [9.17, 15) is 4.79 Å². The third kappa shape index (κ3) is 4.57. The van der Waals surface area contributed by atoms with Crippen molar-refractivity contribution in [2.75, 3.05) is 5.32 Å². The van der Waals surface area contributed by atoms with Gasteiger partial charge in [0.1, 0.15) is 0 Å². The molecular formula is C17H20N6O. The third-order valence-corrected chi connectivity index (χ3v) is 3.24. The van der Waals surface area contributed by atoms with E-state index in [4.69, 9.17) is 17.2 Å². The molecule has 0 unspecified atom stereocenters. The fourth-order valence-corrected chi connectivity index (χ4v) is 2.15. The van der Waals surface area contributed by atoms with Crippen molar-refractivity contribution in [3.8, 4) is 0 Å². The molecule has 0 aliphatic carbocycles. The number of hydrogen-bond donors (Lipinski definition) is 4. The monoisotopic (exact) mass is 324 g/mol. The zero-order chi connectivity index (χ0) is 17.5. The molecule has 7 nitrogen and oxygen atoms in total. The SMILES string of the molecule is CCc1ccccc1NC(=O)c1cccc(N=C(N)N=C(N)N)c1. The Bertz CT molecular complexity index is 793. The maximum atomic E-state index is 12.4. The normalized spacial score (nSPS) is 11.0. The highest BCUT2D eigenvalue weighted by atomic mass is 16.1. The summed E-state index contributed by atoms with van der Waals surface area (Å²) in [6.45, 7) is 2.03. The van der Waals surface area contributed by atoms with Crippen LogP contribution in [0.15, 0.2) is 58.5 Å². The molecule has 2 aromatic rings. The molecule has 0 heterocycles. The molecule has 0 aromatic heterocycles. The van der Waals surface area contributed by atoms with Crippen molar-refractivity contribution in [1.82, 2.24) is 0 Å². The van der Waals surface area contributed by atoms with Gasteiger partial charge >= 0.3 is 0 Å². The van der Waals surface area contributed by atoms with Crippen LogP contribution in [0.2, 0.25) is 0 Å². The Labute approximate surface area is 140 Å². The molecule has 0 radical (unpaired) electrons. The van der Waals surface area contributed by atoms with Crippen LogP contribution in [-0.4, -0.2) is 17.8 Å². The van der Waals surface area contributed by atoms with Gasteiger partial charge in [0.25, 0.3) is 5.91 Å². The number of aliphatic imine (C=N–C) groups is 2. The van der Waals surface area contributed by atoms with Gasteiger partial charge in [-0.05, 0) is 36.2 Å². The molecule has 2 aromatic carbocycles. The molecule has 0 spiro atoms. The zero-order valence-electron chi connectivity index (χ0n) is 13.4. The van der Waals surface area contributed by atoms with E-state index in [0.717, 1.165) is 17.7 Å². The number of anilines is 1. The van der Waals surface area contributed by atoms with Crippen molar-refractivity contribution in [3.63, 3.8) is 0 Å². The summed E-state index contributed by atoms with van der Waals surface area (Å²) in [5, 5.41) is 2.90. The van der Waals surface area contributed by atoms with E-state index in [1.165, 1.54) is 0 Å². The molecule has 2 rings (SSSR count). The van der Waals surface area contributed by atoms with Crippen LogP contribution in [0.3, 0.4) is 0 Å². The average Bonchev–Trinajstić information content (AvgIpc) is 2.54. The molecule has 0 saturated heterocycles. The van der Waals surface area contributed by atoms with Crippen LogP contribution in [0.25, 0.3) is 0 Å².